The number of nitrogens with zero attached hydrogens (tertiary/aromatic N) is 3. The predicted molar refractivity (Wildman–Crippen MR) is 81.7 cm³/mol. The molecule has 0 aliphatic rings. The Morgan fingerprint density at radius 3 is 2.36 bits per heavy atom. The van der Waals surface area contributed by atoms with E-state index < -0.39 is 11.9 Å². The van der Waals surface area contributed by atoms with Crippen LogP contribution in [0.1, 0.15) is 39.8 Å². The van der Waals surface area contributed by atoms with Gasteiger partial charge in [0, 0.05) is 18.8 Å². The summed E-state index contributed by atoms with van der Waals surface area (Å²) < 4.78 is 37.9. The van der Waals surface area contributed by atoms with Crippen LogP contribution >= 0.6 is 0 Å². The van der Waals surface area contributed by atoms with Crippen LogP contribution in [0.3, 0.4) is 0 Å². The van der Waals surface area contributed by atoms with Crippen molar-refractivity contribution in [1.29, 1.82) is 0 Å². The van der Waals surface area contributed by atoms with Crippen molar-refractivity contribution in [1.82, 2.24) is 14.9 Å². The van der Waals surface area contributed by atoms with E-state index in [-0.39, 0.29) is 12.0 Å². The van der Waals surface area contributed by atoms with E-state index >= 15 is 0 Å². The number of halogens is 3. The topological polar surface area (TPSA) is 41.0 Å². The summed E-state index contributed by atoms with van der Waals surface area (Å²) in [7, 11) is 0. The summed E-state index contributed by atoms with van der Waals surface area (Å²) in [6.07, 6.45) is -2.35. The molecule has 0 aromatic carbocycles. The molecule has 1 N–H and O–H groups in total. The van der Waals surface area contributed by atoms with Crippen molar-refractivity contribution in [2.45, 2.75) is 46.3 Å². The van der Waals surface area contributed by atoms with Gasteiger partial charge in [-0.15, -0.1) is 0 Å². The molecule has 1 heterocycles. The minimum Gasteiger partial charge on any atom is -0.353 e. The highest BCUT2D eigenvalue weighted by Gasteiger charge is 2.32. The molecule has 0 amide bonds. The lowest BCUT2D eigenvalue weighted by Gasteiger charge is -2.31. The SMILES string of the molecule is CCN(CC)[C@H](CNc1nccc(C(F)(F)F)n1)CC(C)C. The monoisotopic (exact) mass is 318 g/mol. The predicted octanol–water partition coefficient (Wildman–Crippen LogP) is 3.66. The third-order valence-electron chi connectivity index (χ3n) is 3.51. The maximum Gasteiger partial charge on any atom is 0.433 e. The van der Waals surface area contributed by atoms with Crippen LogP contribution in [0.5, 0.6) is 0 Å². The summed E-state index contributed by atoms with van der Waals surface area (Å²) in [5.74, 6) is 0.533. The standard InChI is InChI=1S/C15H25F3N4/c1-5-22(6-2)12(9-11(3)4)10-20-14-19-8-7-13(21-14)15(16,17)18/h7-8,11-12H,5-6,9-10H2,1-4H3,(H,19,20,21)/t12-/m0/s1. The fourth-order valence-electron chi connectivity index (χ4n) is 2.46. The van der Waals surface area contributed by atoms with E-state index in [0.29, 0.717) is 12.5 Å². The Kier molecular flexibility index (Phi) is 7.06. The van der Waals surface area contributed by atoms with Gasteiger partial charge in [0.05, 0.1) is 0 Å². The first kappa shape index (κ1) is 18.7. The van der Waals surface area contributed by atoms with E-state index in [1.807, 2.05) is 0 Å². The van der Waals surface area contributed by atoms with Gasteiger partial charge >= 0.3 is 6.18 Å². The summed E-state index contributed by atoms with van der Waals surface area (Å²) in [5.41, 5.74) is -0.923. The maximum absolute atomic E-state index is 12.6. The van der Waals surface area contributed by atoms with E-state index in [2.05, 4.69) is 47.9 Å². The number of likely N-dealkylation sites (N-methyl/N-ethyl adjacent to an activating group) is 1. The molecular weight excluding hydrogens is 293 g/mol. The van der Waals surface area contributed by atoms with Crippen molar-refractivity contribution in [2.24, 2.45) is 5.92 Å². The van der Waals surface area contributed by atoms with E-state index in [1.54, 1.807) is 0 Å². The van der Waals surface area contributed by atoms with Crippen molar-refractivity contribution < 1.29 is 13.2 Å². The number of rotatable bonds is 8. The minimum atomic E-state index is -4.45. The number of aromatic nitrogens is 2. The lowest BCUT2D eigenvalue weighted by atomic mass is 10.0. The Hall–Kier alpha value is -1.37. The molecule has 0 saturated heterocycles. The lowest BCUT2D eigenvalue weighted by molar-refractivity contribution is -0.141. The van der Waals surface area contributed by atoms with Gasteiger partial charge in [-0.1, -0.05) is 27.7 Å². The second-order valence-electron chi connectivity index (χ2n) is 5.65. The van der Waals surface area contributed by atoms with Gasteiger partial charge in [-0.3, -0.25) is 4.90 Å². The van der Waals surface area contributed by atoms with Crippen LogP contribution in [-0.4, -0.2) is 40.5 Å². The molecule has 1 atom stereocenters. The first-order valence-corrected chi connectivity index (χ1v) is 7.66. The molecule has 0 spiro atoms. The molecule has 0 aliphatic carbocycles. The van der Waals surface area contributed by atoms with Gasteiger partial charge in [-0.25, -0.2) is 9.97 Å². The molecule has 4 nitrogen and oxygen atoms in total. The molecule has 0 unspecified atom stereocenters. The molecule has 0 fully saturated rings. The van der Waals surface area contributed by atoms with Gasteiger partial charge in [0.15, 0.2) is 0 Å². The maximum atomic E-state index is 12.6. The normalized spacial score (nSPS) is 13.7. The molecular formula is C15H25F3N4. The molecule has 1 rings (SSSR count). The van der Waals surface area contributed by atoms with Crippen molar-refractivity contribution in [3.63, 3.8) is 0 Å². The molecule has 0 radical (unpaired) electrons. The van der Waals surface area contributed by atoms with Gasteiger partial charge < -0.3 is 5.32 Å². The van der Waals surface area contributed by atoms with Crippen LogP contribution in [0.25, 0.3) is 0 Å². The summed E-state index contributed by atoms with van der Waals surface area (Å²) in [4.78, 5) is 9.71. The van der Waals surface area contributed by atoms with Crippen LogP contribution < -0.4 is 5.32 Å². The number of anilines is 1. The largest absolute Gasteiger partial charge is 0.433 e. The van der Waals surface area contributed by atoms with Crippen LogP contribution in [0, 0.1) is 5.92 Å². The second kappa shape index (κ2) is 8.31. The summed E-state index contributed by atoms with van der Waals surface area (Å²) >= 11 is 0. The first-order chi connectivity index (χ1) is 10.3. The van der Waals surface area contributed by atoms with Gasteiger partial charge in [0.25, 0.3) is 0 Å². The molecule has 1 aromatic heterocycles. The zero-order valence-electron chi connectivity index (χ0n) is 13.6. The molecule has 1 aromatic rings. The highest BCUT2D eigenvalue weighted by molar-refractivity contribution is 5.26. The molecule has 22 heavy (non-hydrogen) atoms. The number of hydrogen-bond acceptors (Lipinski definition) is 4. The second-order valence-corrected chi connectivity index (χ2v) is 5.65. The Balaban J connectivity index is 2.76. The van der Waals surface area contributed by atoms with Crippen LogP contribution in [0.2, 0.25) is 0 Å². The van der Waals surface area contributed by atoms with E-state index in [1.165, 1.54) is 0 Å². The fourth-order valence-corrected chi connectivity index (χ4v) is 2.46. The number of hydrogen-bond donors (Lipinski definition) is 1. The van der Waals surface area contributed by atoms with Crippen LogP contribution in [-0.2, 0) is 6.18 Å². The van der Waals surface area contributed by atoms with Gasteiger partial charge in [0.2, 0.25) is 5.95 Å². The molecule has 0 saturated carbocycles. The van der Waals surface area contributed by atoms with Crippen molar-refractivity contribution in [3.8, 4) is 0 Å². The Morgan fingerprint density at radius 2 is 1.86 bits per heavy atom. The highest BCUT2D eigenvalue weighted by atomic mass is 19.4. The van der Waals surface area contributed by atoms with Crippen molar-refractivity contribution in [2.75, 3.05) is 25.0 Å². The summed E-state index contributed by atoms with van der Waals surface area (Å²) in [5, 5.41) is 2.95. The Labute approximate surface area is 130 Å². The molecule has 7 heteroatoms. The van der Waals surface area contributed by atoms with E-state index in [9.17, 15) is 13.2 Å². The lowest BCUT2D eigenvalue weighted by Crippen LogP contribution is -2.41. The van der Waals surface area contributed by atoms with Gasteiger partial charge in [0.1, 0.15) is 5.69 Å². The van der Waals surface area contributed by atoms with E-state index in [4.69, 9.17) is 0 Å². The average Bonchev–Trinajstić information content (AvgIpc) is 2.44. The molecule has 0 aliphatic heterocycles. The minimum absolute atomic E-state index is 0.0238. The van der Waals surface area contributed by atoms with Crippen molar-refractivity contribution in [3.05, 3.63) is 18.0 Å². The third kappa shape index (κ3) is 5.79. The molecule has 126 valence electrons. The average molecular weight is 318 g/mol. The van der Waals surface area contributed by atoms with Crippen LogP contribution in [0.15, 0.2) is 12.3 Å². The summed E-state index contributed by atoms with van der Waals surface area (Å²) in [6, 6.07) is 1.12. The Morgan fingerprint density at radius 1 is 1.23 bits per heavy atom. The highest BCUT2D eigenvalue weighted by Crippen LogP contribution is 2.27. The fraction of sp³-hybridized carbons (Fsp3) is 0.733. The number of nitrogens with one attached hydrogen (secondary N) is 1. The smallest absolute Gasteiger partial charge is 0.353 e. The zero-order chi connectivity index (χ0) is 16.8. The number of alkyl halides is 3. The van der Waals surface area contributed by atoms with Gasteiger partial charge in [-0.2, -0.15) is 13.2 Å². The molecule has 0 bridgehead atoms. The third-order valence-corrected chi connectivity index (χ3v) is 3.51. The van der Waals surface area contributed by atoms with Crippen LogP contribution in [0.4, 0.5) is 19.1 Å². The van der Waals surface area contributed by atoms with Crippen molar-refractivity contribution >= 4 is 5.95 Å². The quantitative estimate of drug-likeness (QED) is 0.794. The zero-order valence-corrected chi connectivity index (χ0v) is 13.6. The first-order valence-electron chi connectivity index (χ1n) is 7.66. The Bertz CT molecular complexity index is 445. The van der Waals surface area contributed by atoms with Gasteiger partial charge in [-0.05, 0) is 31.5 Å². The summed E-state index contributed by atoms with van der Waals surface area (Å²) in [6.45, 7) is 10.8. The van der Waals surface area contributed by atoms with E-state index in [0.717, 1.165) is 31.8 Å².